The van der Waals surface area contributed by atoms with E-state index in [-0.39, 0.29) is 11.1 Å². The van der Waals surface area contributed by atoms with Crippen LogP contribution in [0.3, 0.4) is 0 Å². The van der Waals surface area contributed by atoms with Gasteiger partial charge in [0.05, 0.1) is 13.2 Å². The quantitative estimate of drug-likeness (QED) is 0.228. The van der Waals surface area contributed by atoms with Gasteiger partial charge in [0.15, 0.2) is 5.60 Å². The van der Waals surface area contributed by atoms with Crippen molar-refractivity contribution in [2.75, 3.05) is 7.11 Å². The Balaban J connectivity index is 2.40. The third-order valence-electron chi connectivity index (χ3n) is 6.03. The van der Waals surface area contributed by atoms with Crippen molar-refractivity contribution in [3.63, 3.8) is 0 Å². The average Bonchev–Trinajstić information content (AvgIpc) is 2.76. The van der Waals surface area contributed by atoms with Crippen LogP contribution >= 0.6 is 0 Å². The van der Waals surface area contributed by atoms with Crippen LogP contribution in [0.2, 0.25) is 19.6 Å². The third-order valence-corrected chi connectivity index (χ3v) is 6.95. The number of benzene rings is 2. The Morgan fingerprint density at radius 1 is 1.11 bits per heavy atom. The molecule has 0 heterocycles. The molecule has 4 nitrogen and oxygen atoms in total. The molecule has 2 aromatic carbocycles. The summed E-state index contributed by atoms with van der Waals surface area (Å²) in [5.41, 5.74) is -0.740. The molecule has 2 rings (SSSR count). The predicted octanol–water partition coefficient (Wildman–Crippen LogP) is 6.56. The summed E-state index contributed by atoms with van der Waals surface area (Å²) in [6.07, 6.45) is -6.50. The van der Waals surface area contributed by atoms with Gasteiger partial charge in [-0.05, 0) is 54.2 Å². The van der Waals surface area contributed by atoms with Crippen LogP contribution in [-0.2, 0) is 5.41 Å². The summed E-state index contributed by atoms with van der Waals surface area (Å²) < 4.78 is 61.5. The second-order valence-corrected chi connectivity index (χ2v) is 15.7. The van der Waals surface area contributed by atoms with Crippen molar-refractivity contribution in [3.05, 3.63) is 65.0 Å². The lowest BCUT2D eigenvalue weighted by Gasteiger charge is -2.37. The summed E-state index contributed by atoms with van der Waals surface area (Å²) in [5, 5.41) is 13.6. The van der Waals surface area contributed by atoms with Gasteiger partial charge in [-0.2, -0.15) is 13.2 Å². The highest BCUT2D eigenvalue weighted by molar-refractivity contribution is 6.83. The molecular weight excluding hydrogens is 502 g/mol. The fourth-order valence-electron chi connectivity index (χ4n) is 4.09. The summed E-state index contributed by atoms with van der Waals surface area (Å²) in [6, 6.07) is 9.93. The lowest BCUT2D eigenvalue weighted by molar-refractivity contribution is -0.264. The molecule has 0 aromatic heterocycles. The van der Waals surface area contributed by atoms with Gasteiger partial charge in [0.25, 0.3) is 5.91 Å². The first-order valence-electron chi connectivity index (χ1n) is 11.9. The van der Waals surface area contributed by atoms with Crippen LogP contribution in [0.25, 0.3) is 0 Å². The van der Waals surface area contributed by atoms with E-state index in [1.165, 1.54) is 27.0 Å². The molecule has 0 bridgehead atoms. The van der Waals surface area contributed by atoms with E-state index in [9.17, 15) is 27.5 Å². The number of carbonyl (C=O) groups is 1. The van der Waals surface area contributed by atoms with Crippen molar-refractivity contribution < 1.29 is 32.2 Å². The molecule has 37 heavy (non-hydrogen) atoms. The highest BCUT2D eigenvalue weighted by Gasteiger charge is 2.55. The van der Waals surface area contributed by atoms with E-state index < -0.39 is 55.9 Å². The smallest absolute Gasteiger partial charge is 0.418 e. The largest absolute Gasteiger partial charge is 0.497 e. The predicted molar refractivity (Wildman–Crippen MR) is 140 cm³/mol. The highest BCUT2D eigenvalue weighted by atomic mass is 28.3. The van der Waals surface area contributed by atoms with Crippen LogP contribution in [0, 0.1) is 17.3 Å². The van der Waals surface area contributed by atoms with E-state index in [4.69, 9.17) is 4.74 Å². The van der Waals surface area contributed by atoms with E-state index in [0.29, 0.717) is 5.75 Å². The first-order valence-corrected chi connectivity index (χ1v) is 15.4. The number of rotatable bonds is 8. The number of nitrogens with one attached hydrogen (secondary N) is 1. The first kappa shape index (κ1) is 30.4. The van der Waals surface area contributed by atoms with E-state index in [0.717, 1.165) is 17.7 Å². The van der Waals surface area contributed by atoms with E-state index in [2.05, 4.69) is 16.8 Å². The van der Waals surface area contributed by atoms with Crippen molar-refractivity contribution in [2.45, 2.75) is 76.5 Å². The van der Waals surface area contributed by atoms with Crippen LogP contribution in [0.5, 0.6) is 5.75 Å². The highest BCUT2D eigenvalue weighted by Crippen LogP contribution is 2.43. The second-order valence-electron chi connectivity index (χ2n) is 11.0. The fourth-order valence-corrected chi connectivity index (χ4v) is 4.71. The minimum Gasteiger partial charge on any atom is -0.497 e. The molecule has 202 valence electrons. The van der Waals surface area contributed by atoms with E-state index in [1.54, 1.807) is 31.2 Å². The molecule has 0 saturated heterocycles. The van der Waals surface area contributed by atoms with Crippen molar-refractivity contribution in [1.29, 1.82) is 0 Å². The van der Waals surface area contributed by atoms with Gasteiger partial charge in [0.1, 0.15) is 19.6 Å². The summed E-state index contributed by atoms with van der Waals surface area (Å²) in [6.45, 7) is 10.4. The van der Waals surface area contributed by atoms with Crippen LogP contribution in [0.1, 0.15) is 61.1 Å². The standard InChI is InChI=1S/C28H35F4NO3Si/c1-19(20-9-12-22(36-4)13-10-20)33-25(34)23-17-21(29)11-14-24(23)26(2,3)18-27(35,28(30,31)32)15-8-16-37(5,6)7/h9-14,17,19,35H,15,18H2,1-7H3,(H,33,34)/t19-,27+/m0/s1. The van der Waals surface area contributed by atoms with E-state index in [1.807, 2.05) is 19.6 Å². The van der Waals surface area contributed by atoms with Gasteiger partial charge < -0.3 is 15.2 Å². The molecule has 9 heteroatoms. The van der Waals surface area contributed by atoms with Gasteiger partial charge in [-0.25, -0.2) is 4.39 Å². The van der Waals surface area contributed by atoms with Crippen molar-refractivity contribution in [3.8, 4) is 17.2 Å². The van der Waals surface area contributed by atoms with Crippen molar-refractivity contribution in [2.24, 2.45) is 0 Å². The number of amides is 1. The molecule has 0 spiro atoms. The van der Waals surface area contributed by atoms with Gasteiger partial charge in [0.2, 0.25) is 0 Å². The maximum atomic E-state index is 14.2. The SMILES string of the molecule is COc1ccc([C@H](C)NC(=O)c2cc(F)ccc2C(C)(C)C[C@](O)(CC#C[Si](C)(C)C)C(F)(F)F)cc1. The molecule has 2 aromatic rings. The summed E-state index contributed by atoms with van der Waals surface area (Å²) in [5.74, 6) is 1.84. The molecule has 0 radical (unpaired) electrons. The Bertz CT molecular complexity index is 1160. The van der Waals surface area contributed by atoms with Gasteiger partial charge in [0, 0.05) is 12.0 Å². The number of methoxy groups -OCH3 is 1. The summed E-state index contributed by atoms with van der Waals surface area (Å²) in [4.78, 5) is 13.2. The Hall–Kier alpha value is -2.83. The molecule has 0 aliphatic carbocycles. The zero-order valence-corrected chi connectivity index (χ0v) is 23.3. The maximum Gasteiger partial charge on any atom is 0.418 e. The maximum absolute atomic E-state index is 14.2. The molecule has 2 atom stereocenters. The Kier molecular flexibility index (Phi) is 9.26. The van der Waals surface area contributed by atoms with Crippen LogP contribution in [0.15, 0.2) is 42.5 Å². The number of aliphatic hydroxyl groups is 1. The number of hydrogen-bond donors (Lipinski definition) is 2. The number of hydrogen-bond acceptors (Lipinski definition) is 3. The van der Waals surface area contributed by atoms with Gasteiger partial charge in [-0.15, -0.1) is 11.5 Å². The van der Waals surface area contributed by atoms with Gasteiger partial charge in [-0.1, -0.05) is 51.7 Å². The monoisotopic (exact) mass is 537 g/mol. The Morgan fingerprint density at radius 2 is 1.70 bits per heavy atom. The topological polar surface area (TPSA) is 58.6 Å². The zero-order valence-electron chi connectivity index (χ0n) is 22.3. The van der Waals surface area contributed by atoms with Crippen LogP contribution in [-0.4, -0.2) is 38.0 Å². The van der Waals surface area contributed by atoms with Crippen molar-refractivity contribution >= 4 is 14.0 Å². The lowest BCUT2D eigenvalue weighted by atomic mass is 9.72. The molecule has 0 aliphatic heterocycles. The molecule has 0 fully saturated rings. The van der Waals surface area contributed by atoms with Crippen LogP contribution < -0.4 is 10.1 Å². The van der Waals surface area contributed by atoms with Crippen molar-refractivity contribution in [1.82, 2.24) is 5.32 Å². The Labute approximate surface area is 217 Å². The zero-order chi connectivity index (χ0) is 28.2. The number of carbonyl (C=O) groups excluding carboxylic acids is 1. The lowest BCUT2D eigenvalue weighted by Crippen LogP contribution is -2.49. The minimum atomic E-state index is -4.95. The normalized spacial score (nSPS) is 14.7. The third kappa shape index (κ3) is 8.07. The molecule has 1 amide bonds. The average molecular weight is 538 g/mol. The van der Waals surface area contributed by atoms with Gasteiger partial charge in [-0.3, -0.25) is 4.79 Å². The summed E-state index contributed by atoms with van der Waals surface area (Å²) >= 11 is 0. The number of halogens is 4. The molecule has 0 aliphatic rings. The number of ether oxygens (including phenoxy) is 1. The Morgan fingerprint density at radius 3 is 2.22 bits per heavy atom. The van der Waals surface area contributed by atoms with Gasteiger partial charge >= 0.3 is 6.18 Å². The minimum absolute atomic E-state index is 0.0944. The fraction of sp³-hybridized carbons (Fsp3) is 0.464. The summed E-state index contributed by atoms with van der Waals surface area (Å²) in [7, 11) is -0.425. The van der Waals surface area contributed by atoms with Crippen LogP contribution in [0.4, 0.5) is 17.6 Å². The molecule has 2 N–H and O–H groups in total. The molecular formula is C28H35F4NO3Si. The molecule has 0 unspecified atom stereocenters. The first-order chi connectivity index (χ1) is 16.9. The second kappa shape index (κ2) is 11.3. The molecule has 0 saturated carbocycles. The number of alkyl halides is 3. The van der Waals surface area contributed by atoms with E-state index >= 15 is 0 Å².